The smallest absolute Gasteiger partial charge is 0.358 e. The average Bonchev–Trinajstić information content (AvgIpc) is 2.36. The number of rotatable bonds is 7. The molecule has 0 aliphatic carbocycles. The van der Waals surface area contributed by atoms with Crippen LogP contribution in [0.15, 0.2) is 12.4 Å². The quantitative estimate of drug-likeness (QED) is 0.548. The van der Waals surface area contributed by atoms with Gasteiger partial charge in [0, 0.05) is 18.8 Å². The summed E-state index contributed by atoms with van der Waals surface area (Å²) in [7, 11) is 0. The van der Waals surface area contributed by atoms with Crippen LogP contribution in [0.5, 0.6) is 0 Å². The Balaban J connectivity index is 2.49. The highest BCUT2D eigenvalue weighted by atomic mass is 16.5. The highest BCUT2D eigenvalue weighted by molar-refractivity contribution is 5.87. The molecule has 0 aromatic carbocycles. The van der Waals surface area contributed by atoms with E-state index in [1.807, 2.05) is 6.92 Å². The molecular formula is C13H21N3O2. The third-order valence-electron chi connectivity index (χ3n) is 2.47. The summed E-state index contributed by atoms with van der Waals surface area (Å²) in [5.41, 5.74) is 1.08. The maximum atomic E-state index is 11.8. The molecule has 18 heavy (non-hydrogen) atoms. The van der Waals surface area contributed by atoms with Gasteiger partial charge in [-0.3, -0.25) is 4.90 Å². The minimum Gasteiger partial charge on any atom is -0.445 e. The Morgan fingerprint density at radius 2 is 1.94 bits per heavy atom. The summed E-state index contributed by atoms with van der Waals surface area (Å²) in [6.07, 6.45) is 3.47. The third-order valence-corrected chi connectivity index (χ3v) is 2.47. The van der Waals surface area contributed by atoms with E-state index < -0.39 is 5.97 Å². The molecule has 5 nitrogen and oxygen atoms in total. The summed E-state index contributed by atoms with van der Waals surface area (Å²) in [6.45, 7) is 8.23. The Morgan fingerprint density at radius 1 is 1.28 bits per heavy atom. The van der Waals surface area contributed by atoms with E-state index in [1.165, 1.54) is 6.33 Å². The Kier molecular flexibility index (Phi) is 6.28. The zero-order valence-corrected chi connectivity index (χ0v) is 11.3. The van der Waals surface area contributed by atoms with Gasteiger partial charge in [-0.25, -0.2) is 14.8 Å². The molecule has 0 N–H and O–H groups in total. The van der Waals surface area contributed by atoms with E-state index >= 15 is 0 Å². The molecule has 0 aliphatic heterocycles. The standard InChI is InChI=1S/C13H21N3O2/c1-4-6-16(7-5-2)10-18-13(17)12-8-11(3)14-9-15-12/h8-9H,4-7,10H2,1-3H3. The van der Waals surface area contributed by atoms with Gasteiger partial charge in [0.2, 0.25) is 0 Å². The first kappa shape index (κ1) is 14.6. The summed E-state index contributed by atoms with van der Waals surface area (Å²) in [4.78, 5) is 21.7. The monoisotopic (exact) mass is 251 g/mol. The molecule has 1 heterocycles. The van der Waals surface area contributed by atoms with E-state index in [1.54, 1.807) is 6.07 Å². The highest BCUT2D eigenvalue weighted by Crippen LogP contribution is 2.01. The summed E-state index contributed by atoms with van der Waals surface area (Å²) in [5, 5.41) is 0. The van der Waals surface area contributed by atoms with E-state index in [4.69, 9.17) is 4.74 Å². The Bertz CT molecular complexity index is 376. The van der Waals surface area contributed by atoms with Crippen molar-refractivity contribution < 1.29 is 9.53 Å². The third kappa shape index (κ3) is 4.79. The Hall–Kier alpha value is -1.49. The molecule has 0 unspecified atom stereocenters. The minimum absolute atomic E-state index is 0.315. The molecule has 1 aromatic heterocycles. The van der Waals surface area contributed by atoms with Crippen molar-refractivity contribution >= 4 is 5.97 Å². The number of carbonyl (C=O) groups is 1. The lowest BCUT2D eigenvalue weighted by Crippen LogP contribution is -2.29. The normalized spacial score (nSPS) is 10.7. The summed E-state index contributed by atoms with van der Waals surface area (Å²) >= 11 is 0. The molecule has 1 rings (SSSR count). The van der Waals surface area contributed by atoms with E-state index in [0.717, 1.165) is 31.6 Å². The molecule has 0 amide bonds. The first-order chi connectivity index (χ1) is 8.67. The van der Waals surface area contributed by atoms with E-state index in [2.05, 4.69) is 28.7 Å². The lowest BCUT2D eigenvalue weighted by Gasteiger charge is -2.20. The van der Waals surface area contributed by atoms with Gasteiger partial charge in [-0.15, -0.1) is 0 Å². The first-order valence-corrected chi connectivity index (χ1v) is 6.35. The molecule has 0 spiro atoms. The molecule has 100 valence electrons. The highest BCUT2D eigenvalue weighted by Gasteiger charge is 2.11. The van der Waals surface area contributed by atoms with Crippen molar-refractivity contribution in [2.24, 2.45) is 0 Å². The molecule has 0 saturated heterocycles. The molecule has 0 fully saturated rings. The van der Waals surface area contributed by atoms with Gasteiger partial charge in [0.1, 0.15) is 13.1 Å². The molecule has 5 heteroatoms. The maximum absolute atomic E-state index is 11.8. The van der Waals surface area contributed by atoms with Crippen molar-refractivity contribution in [2.45, 2.75) is 33.6 Å². The fraction of sp³-hybridized carbons (Fsp3) is 0.615. The zero-order valence-electron chi connectivity index (χ0n) is 11.3. The van der Waals surface area contributed by atoms with Crippen LogP contribution >= 0.6 is 0 Å². The number of carbonyl (C=O) groups excluding carboxylic acids is 1. The van der Waals surface area contributed by atoms with Crippen LogP contribution in [0.4, 0.5) is 0 Å². The van der Waals surface area contributed by atoms with E-state index in [9.17, 15) is 4.79 Å². The van der Waals surface area contributed by atoms with Crippen molar-refractivity contribution in [2.75, 3.05) is 19.8 Å². The zero-order chi connectivity index (χ0) is 13.4. The Morgan fingerprint density at radius 3 is 2.50 bits per heavy atom. The van der Waals surface area contributed by atoms with Crippen molar-refractivity contribution in [1.82, 2.24) is 14.9 Å². The number of ether oxygens (including phenoxy) is 1. The lowest BCUT2D eigenvalue weighted by atomic mass is 10.3. The first-order valence-electron chi connectivity index (χ1n) is 6.35. The molecular weight excluding hydrogens is 230 g/mol. The second-order valence-electron chi connectivity index (χ2n) is 4.22. The molecule has 0 aliphatic rings. The van der Waals surface area contributed by atoms with Crippen LogP contribution in [-0.4, -0.2) is 40.7 Å². The van der Waals surface area contributed by atoms with Crippen LogP contribution in [0.1, 0.15) is 42.9 Å². The average molecular weight is 251 g/mol. The second-order valence-corrected chi connectivity index (χ2v) is 4.22. The van der Waals surface area contributed by atoms with Crippen molar-refractivity contribution in [1.29, 1.82) is 0 Å². The van der Waals surface area contributed by atoms with E-state index in [0.29, 0.717) is 12.4 Å². The second kappa shape index (κ2) is 7.76. The van der Waals surface area contributed by atoms with Crippen molar-refractivity contribution in [3.05, 3.63) is 23.8 Å². The van der Waals surface area contributed by atoms with Crippen LogP contribution in [0.3, 0.4) is 0 Å². The molecule has 0 bridgehead atoms. The summed E-state index contributed by atoms with van der Waals surface area (Å²) in [5.74, 6) is -0.391. The van der Waals surface area contributed by atoms with Gasteiger partial charge in [0.25, 0.3) is 0 Å². The predicted molar refractivity (Wildman–Crippen MR) is 69.2 cm³/mol. The number of hydrogen-bond donors (Lipinski definition) is 0. The van der Waals surface area contributed by atoms with Crippen LogP contribution in [0.2, 0.25) is 0 Å². The fourth-order valence-corrected chi connectivity index (χ4v) is 1.66. The van der Waals surface area contributed by atoms with Gasteiger partial charge in [0.05, 0.1) is 0 Å². The largest absolute Gasteiger partial charge is 0.445 e. The fourth-order valence-electron chi connectivity index (χ4n) is 1.66. The van der Waals surface area contributed by atoms with Crippen LogP contribution in [-0.2, 0) is 4.74 Å². The molecule has 0 atom stereocenters. The van der Waals surface area contributed by atoms with Gasteiger partial charge in [-0.2, -0.15) is 0 Å². The maximum Gasteiger partial charge on any atom is 0.358 e. The number of nitrogens with zero attached hydrogens (tertiary/aromatic N) is 3. The minimum atomic E-state index is -0.391. The predicted octanol–water partition coefficient (Wildman–Crippen LogP) is 2.02. The Labute approximate surface area is 108 Å². The summed E-state index contributed by atoms with van der Waals surface area (Å²) in [6, 6.07) is 1.63. The molecule has 0 saturated carbocycles. The number of aryl methyl sites for hydroxylation is 1. The van der Waals surface area contributed by atoms with E-state index in [-0.39, 0.29) is 0 Å². The van der Waals surface area contributed by atoms with Gasteiger partial charge >= 0.3 is 5.97 Å². The van der Waals surface area contributed by atoms with Crippen molar-refractivity contribution in [3.63, 3.8) is 0 Å². The van der Waals surface area contributed by atoms with Gasteiger partial charge in [0.15, 0.2) is 5.69 Å². The van der Waals surface area contributed by atoms with Gasteiger partial charge in [-0.05, 0) is 25.8 Å². The van der Waals surface area contributed by atoms with Gasteiger partial charge in [-0.1, -0.05) is 13.8 Å². The number of aromatic nitrogens is 2. The number of esters is 1. The van der Waals surface area contributed by atoms with Crippen LogP contribution in [0.25, 0.3) is 0 Å². The summed E-state index contributed by atoms with van der Waals surface area (Å²) < 4.78 is 5.25. The van der Waals surface area contributed by atoms with Crippen molar-refractivity contribution in [3.8, 4) is 0 Å². The lowest BCUT2D eigenvalue weighted by molar-refractivity contribution is 0.0209. The number of hydrogen-bond acceptors (Lipinski definition) is 5. The topological polar surface area (TPSA) is 55.3 Å². The van der Waals surface area contributed by atoms with Crippen LogP contribution in [0, 0.1) is 6.92 Å². The van der Waals surface area contributed by atoms with Crippen LogP contribution < -0.4 is 0 Å². The SMILES string of the molecule is CCCN(CCC)COC(=O)c1cc(C)ncn1. The van der Waals surface area contributed by atoms with Gasteiger partial charge < -0.3 is 4.74 Å². The molecule has 0 radical (unpaired) electrons. The molecule has 1 aromatic rings.